The number of rotatable bonds is 9. The number of hydrogen-bond acceptors (Lipinski definition) is 5. The predicted octanol–water partition coefficient (Wildman–Crippen LogP) is 2.67. The molecular formula is C13H24N4O. The maximum absolute atomic E-state index is 5.62. The van der Waals surface area contributed by atoms with Crippen molar-refractivity contribution in [2.45, 2.75) is 52.4 Å². The number of nitrogen functional groups attached to an aromatic ring is 1. The van der Waals surface area contributed by atoms with E-state index in [1.807, 2.05) is 6.92 Å². The molecule has 1 aromatic heterocycles. The number of aryl methyl sites for hydroxylation is 1. The maximum Gasteiger partial charge on any atom is 0.218 e. The Balaban J connectivity index is 2.36. The summed E-state index contributed by atoms with van der Waals surface area (Å²) >= 11 is 0. The van der Waals surface area contributed by atoms with Gasteiger partial charge in [-0.25, -0.2) is 10.8 Å². The zero-order valence-corrected chi connectivity index (χ0v) is 11.4. The van der Waals surface area contributed by atoms with Gasteiger partial charge in [-0.3, -0.25) is 0 Å². The second-order valence-electron chi connectivity index (χ2n) is 4.27. The second kappa shape index (κ2) is 8.69. The van der Waals surface area contributed by atoms with Gasteiger partial charge in [0.1, 0.15) is 11.6 Å². The summed E-state index contributed by atoms with van der Waals surface area (Å²) in [4.78, 5) is 8.52. The van der Waals surface area contributed by atoms with Crippen LogP contribution in [0.3, 0.4) is 0 Å². The highest BCUT2D eigenvalue weighted by Crippen LogP contribution is 2.13. The van der Waals surface area contributed by atoms with Crippen molar-refractivity contribution in [2.75, 3.05) is 12.0 Å². The van der Waals surface area contributed by atoms with Crippen LogP contribution in [0.2, 0.25) is 0 Å². The Bertz CT molecular complexity index is 322. The Morgan fingerprint density at radius 2 is 1.94 bits per heavy atom. The van der Waals surface area contributed by atoms with Crippen LogP contribution in [0.25, 0.3) is 0 Å². The molecule has 1 aromatic rings. The molecule has 0 fully saturated rings. The molecule has 0 spiro atoms. The lowest BCUT2D eigenvalue weighted by Gasteiger charge is -2.08. The minimum absolute atomic E-state index is 0.600. The number of ether oxygens (including phenoxy) is 1. The van der Waals surface area contributed by atoms with Crippen molar-refractivity contribution < 1.29 is 4.74 Å². The third-order valence-electron chi connectivity index (χ3n) is 2.71. The second-order valence-corrected chi connectivity index (χ2v) is 4.27. The number of hydrogen-bond donors (Lipinski definition) is 2. The van der Waals surface area contributed by atoms with Crippen molar-refractivity contribution in [1.82, 2.24) is 9.97 Å². The molecule has 0 saturated carbocycles. The molecule has 0 saturated heterocycles. The highest BCUT2D eigenvalue weighted by molar-refractivity contribution is 5.36. The van der Waals surface area contributed by atoms with Crippen molar-refractivity contribution >= 4 is 5.82 Å². The molecule has 5 nitrogen and oxygen atoms in total. The topological polar surface area (TPSA) is 73.1 Å². The van der Waals surface area contributed by atoms with Gasteiger partial charge in [0.2, 0.25) is 5.88 Å². The third-order valence-corrected chi connectivity index (χ3v) is 2.71. The third kappa shape index (κ3) is 5.31. The quantitative estimate of drug-likeness (QED) is 0.401. The van der Waals surface area contributed by atoms with Gasteiger partial charge >= 0.3 is 0 Å². The van der Waals surface area contributed by atoms with E-state index in [0.717, 1.165) is 18.7 Å². The first-order chi connectivity index (χ1) is 8.80. The van der Waals surface area contributed by atoms with Gasteiger partial charge in [-0.1, -0.05) is 39.5 Å². The Morgan fingerprint density at radius 1 is 1.17 bits per heavy atom. The molecule has 5 heteroatoms. The molecule has 18 heavy (non-hydrogen) atoms. The largest absolute Gasteiger partial charge is 0.478 e. The molecule has 0 unspecified atom stereocenters. The fraction of sp³-hybridized carbons (Fsp3) is 0.692. The molecule has 0 aliphatic heterocycles. The normalized spacial score (nSPS) is 10.4. The number of unbranched alkanes of at least 4 members (excludes halogenated alkanes) is 4. The van der Waals surface area contributed by atoms with Crippen molar-refractivity contribution in [1.29, 1.82) is 0 Å². The summed E-state index contributed by atoms with van der Waals surface area (Å²) in [5.41, 5.74) is 2.53. The number of nitrogens with zero attached hydrogens (tertiary/aromatic N) is 2. The molecular weight excluding hydrogens is 228 g/mol. The summed E-state index contributed by atoms with van der Waals surface area (Å²) in [5.74, 6) is 7.30. The molecule has 0 radical (unpaired) electrons. The number of nitrogens with one attached hydrogen (secondary N) is 1. The van der Waals surface area contributed by atoms with Gasteiger partial charge in [-0.05, 0) is 6.42 Å². The van der Waals surface area contributed by atoms with Gasteiger partial charge in [-0.15, -0.1) is 0 Å². The minimum Gasteiger partial charge on any atom is -0.478 e. The lowest BCUT2D eigenvalue weighted by atomic mass is 10.2. The molecule has 0 aliphatic rings. The van der Waals surface area contributed by atoms with E-state index >= 15 is 0 Å². The maximum atomic E-state index is 5.62. The van der Waals surface area contributed by atoms with Crippen molar-refractivity contribution in [3.8, 4) is 5.88 Å². The lowest BCUT2D eigenvalue weighted by molar-refractivity contribution is 0.292. The summed E-state index contributed by atoms with van der Waals surface area (Å²) in [7, 11) is 0. The SMILES string of the molecule is CCCCCCCOc1cc(NN)nc(CC)n1. The zero-order chi connectivity index (χ0) is 13.2. The van der Waals surface area contributed by atoms with E-state index in [-0.39, 0.29) is 0 Å². The van der Waals surface area contributed by atoms with Crippen molar-refractivity contribution in [3.63, 3.8) is 0 Å². The first kappa shape index (κ1) is 14.7. The van der Waals surface area contributed by atoms with Crippen LogP contribution in [-0.4, -0.2) is 16.6 Å². The van der Waals surface area contributed by atoms with Crippen LogP contribution in [0.15, 0.2) is 6.07 Å². The van der Waals surface area contributed by atoms with E-state index in [2.05, 4.69) is 22.3 Å². The summed E-state index contributed by atoms with van der Waals surface area (Å²) in [6.45, 7) is 4.92. The number of anilines is 1. The number of hydrazine groups is 1. The highest BCUT2D eigenvalue weighted by Gasteiger charge is 2.03. The predicted molar refractivity (Wildman–Crippen MR) is 73.5 cm³/mol. The minimum atomic E-state index is 0.600. The van der Waals surface area contributed by atoms with Crippen LogP contribution < -0.4 is 16.0 Å². The van der Waals surface area contributed by atoms with Crippen LogP contribution >= 0.6 is 0 Å². The smallest absolute Gasteiger partial charge is 0.218 e. The average Bonchev–Trinajstić information content (AvgIpc) is 2.42. The first-order valence-electron chi connectivity index (χ1n) is 6.77. The van der Waals surface area contributed by atoms with E-state index in [4.69, 9.17) is 10.6 Å². The monoisotopic (exact) mass is 252 g/mol. The molecule has 0 bridgehead atoms. The standard InChI is InChI=1S/C13H24N4O/c1-3-5-6-7-8-9-18-13-10-12(17-14)15-11(4-2)16-13/h10H,3-9,14H2,1-2H3,(H,15,16,17). The lowest BCUT2D eigenvalue weighted by Crippen LogP contribution is -2.11. The molecule has 1 heterocycles. The first-order valence-corrected chi connectivity index (χ1v) is 6.77. The van der Waals surface area contributed by atoms with Crippen molar-refractivity contribution in [2.24, 2.45) is 5.84 Å². The summed E-state index contributed by atoms with van der Waals surface area (Å²) < 4.78 is 5.62. The van der Waals surface area contributed by atoms with E-state index in [1.54, 1.807) is 6.07 Å². The fourth-order valence-corrected chi connectivity index (χ4v) is 1.66. The average molecular weight is 252 g/mol. The Labute approximate surface area is 109 Å². The van der Waals surface area contributed by atoms with Crippen molar-refractivity contribution in [3.05, 3.63) is 11.9 Å². The number of nitrogens with two attached hydrogens (primary N) is 1. The summed E-state index contributed by atoms with van der Waals surface area (Å²) in [6, 6.07) is 1.73. The van der Waals surface area contributed by atoms with Gasteiger partial charge in [0.15, 0.2) is 0 Å². The van der Waals surface area contributed by atoms with E-state index in [0.29, 0.717) is 18.3 Å². The fourth-order valence-electron chi connectivity index (χ4n) is 1.66. The Morgan fingerprint density at radius 3 is 2.61 bits per heavy atom. The molecule has 0 amide bonds. The van der Waals surface area contributed by atoms with Gasteiger partial charge in [0.05, 0.1) is 6.61 Å². The van der Waals surface area contributed by atoms with Crippen LogP contribution in [0.1, 0.15) is 51.8 Å². The van der Waals surface area contributed by atoms with Crippen LogP contribution in [0.5, 0.6) is 5.88 Å². The summed E-state index contributed by atoms with van der Waals surface area (Å²) in [6.07, 6.45) is 6.88. The Kier molecular flexibility index (Phi) is 7.10. The molecule has 3 N–H and O–H groups in total. The van der Waals surface area contributed by atoms with Crippen LogP contribution in [0.4, 0.5) is 5.82 Å². The van der Waals surface area contributed by atoms with E-state index < -0.39 is 0 Å². The van der Waals surface area contributed by atoms with Gasteiger partial charge in [0, 0.05) is 12.5 Å². The molecule has 1 rings (SSSR count). The van der Waals surface area contributed by atoms with E-state index in [1.165, 1.54) is 25.7 Å². The molecule has 102 valence electrons. The van der Waals surface area contributed by atoms with Crippen LogP contribution in [-0.2, 0) is 6.42 Å². The van der Waals surface area contributed by atoms with Gasteiger partial charge in [-0.2, -0.15) is 4.98 Å². The highest BCUT2D eigenvalue weighted by atomic mass is 16.5. The molecule has 0 atom stereocenters. The summed E-state index contributed by atoms with van der Waals surface area (Å²) in [5, 5.41) is 0. The van der Waals surface area contributed by atoms with Gasteiger partial charge in [0.25, 0.3) is 0 Å². The molecule has 0 aliphatic carbocycles. The zero-order valence-electron chi connectivity index (χ0n) is 11.4. The molecule has 0 aromatic carbocycles. The van der Waals surface area contributed by atoms with E-state index in [9.17, 15) is 0 Å². The Hall–Kier alpha value is -1.36. The number of aromatic nitrogens is 2. The van der Waals surface area contributed by atoms with Gasteiger partial charge < -0.3 is 10.2 Å². The van der Waals surface area contributed by atoms with Crippen LogP contribution in [0, 0.1) is 0 Å².